The lowest BCUT2D eigenvalue weighted by Crippen LogP contribution is -2.32. The number of aliphatic carboxylic acids is 1. The van der Waals surface area contributed by atoms with Crippen LogP contribution in [0.4, 0.5) is 11.4 Å². The summed E-state index contributed by atoms with van der Waals surface area (Å²) < 4.78 is 0. The Kier molecular flexibility index (Phi) is 7.74. The summed E-state index contributed by atoms with van der Waals surface area (Å²) in [5.74, 6) is -0.361. The van der Waals surface area contributed by atoms with Crippen molar-refractivity contribution >= 4 is 23.3 Å². The fourth-order valence-corrected chi connectivity index (χ4v) is 5.08. The number of aryl methyl sites for hydroxylation is 1. The van der Waals surface area contributed by atoms with E-state index in [1.807, 2.05) is 57.2 Å². The Hall–Kier alpha value is -2.82. The van der Waals surface area contributed by atoms with Crippen molar-refractivity contribution in [1.29, 1.82) is 0 Å². The molecule has 2 aromatic rings. The van der Waals surface area contributed by atoms with Crippen LogP contribution in [-0.2, 0) is 16.0 Å². The van der Waals surface area contributed by atoms with Gasteiger partial charge in [-0.15, -0.1) is 0 Å². The van der Waals surface area contributed by atoms with Gasteiger partial charge in [-0.25, -0.2) is 0 Å². The summed E-state index contributed by atoms with van der Waals surface area (Å²) in [4.78, 5) is 27.2. The van der Waals surface area contributed by atoms with Gasteiger partial charge in [-0.1, -0.05) is 77.4 Å². The van der Waals surface area contributed by atoms with E-state index >= 15 is 0 Å². The third-order valence-electron chi connectivity index (χ3n) is 6.74. The van der Waals surface area contributed by atoms with E-state index in [9.17, 15) is 14.7 Å². The summed E-state index contributed by atoms with van der Waals surface area (Å²) in [5, 5.41) is 12.8. The molecule has 5 nitrogen and oxygen atoms in total. The number of benzene rings is 2. The van der Waals surface area contributed by atoms with Crippen molar-refractivity contribution in [3.8, 4) is 0 Å². The molecule has 3 rings (SSSR count). The standard InChI is InChI=1S/C29H40N2O3/c1-18(2)16-31(17-19(3)4)24-13-12-22(26-27(28(33)34)29(26,6)7)15-23(24)30-25(32)14-21-10-8-20(5)9-11-21/h8-13,15,18-19,26-27H,14,16-17H2,1-7H3,(H,30,32)(H,33,34)/t26-,27-/m0/s1. The summed E-state index contributed by atoms with van der Waals surface area (Å²) >= 11 is 0. The van der Waals surface area contributed by atoms with Crippen molar-refractivity contribution in [3.63, 3.8) is 0 Å². The number of nitrogens with one attached hydrogen (secondary N) is 1. The monoisotopic (exact) mass is 464 g/mol. The number of carbonyl (C=O) groups excluding carboxylic acids is 1. The van der Waals surface area contributed by atoms with E-state index in [1.165, 1.54) is 0 Å². The minimum absolute atomic E-state index is 0.0598. The first-order chi connectivity index (χ1) is 15.9. The number of carbonyl (C=O) groups is 2. The average Bonchev–Trinajstić information content (AvgIpc) is 3.31. The lowest BCUT2D eigenvalue weighted by Gasteiger charge is -2.31. The summed E-state index contributed by atoms with van der Waals surface area (Å²) in [5.41, 5.74) is 4.57. The Morgan fingerprint density at radius 2 is 1.59 bits per heavy atom. The van der Waals surface area contributed by atoms with Crippen molar-refractivity contribution in [2.75, 3.05) is 23.3 Å². The number of hydrogen-bond donors (Lipinski definition) is 2. The molecule has 0 unspecified atom stereocenters. The topological polar surface area (TPSA) is 69.6 Å². The Morgan fingerprint density at radius 1 is 1.00 bits per heavy atom. The quantitative estimate of drug-likeness (QED) is 0.444. The van der Waals surface area contributed by atoms with E-state index < -0.39 is 11.9 Å². The molecule has 0 spiro atoms. The molecule has 1 amide bonds. The molecule has 0 radical (unpaired) electrons. The summed E-state index contributed by atoms with van der Waals surface area (Å²) in [6.07, 6.45) is 0.297. The first kappa shape index (κ1) is 25.8. The zero-order chi connectivity index (χ0) is 25.2. The van der Waals surface area contributed by atoms with E-state index in [4.69, 9.17) is 0 Å². The highest BCUT2D eigenvalue weighted by atomic mass is 16.4. The van der Waals surface area contributed by atoms with Gasteiger partial charge in [-0.2, -0.15) is 0 Å². The van der Waals surface area contributed by atoms with Crippen LogP contribution in [0.1, 0.15) is 64.2 Å². The average molecular weight is 465 g/mol. The maximum absolute atomic E-state index is 13.1. The van der Waals surface area contributed by atoms with Crippen molar-refractivity contribution < 1.29 is 14.7 Å². The molecule has 0 heterocycles. The number of rotatable bonds is 10. The third-order valence-corrected chi connectivity index (χ3v) is 6.74. The summed E-state index contributed by atoms with van der Waals surface area (Å²) in [6, 6.07) is 14.1. The molecular formula is C29H40N2O3. The second kappa shape index (κ2) is 10.2. The SMILES string of the molecule is Cc1ccc(CC(=O)Nc2cc([C@H]3[C@@H](C(=O)O)C3(C)C)ccc2N(CC(C)C)CC(C)C)cc1. The predicted octanol–water partition coefficient (Wildman–Crippen LogP) is 6.12. The van der Waals surface area contributed by atoms with E-state index in [2.05, 4.69) is 44.0 Å². The van der Waals surface area contributed by atoms with Crippen LogP contribution in [0.5, 0.6) is 0 Å². The minimum atomic E-state index is -0.759. The largest absolute Gasteiger partial charge is 0.481 e. The Labute approximate surface area is 204 Å². The van der Waals surface area contributed by atoms with Gasteiger partial charge in [0, 0.05) is 19.0 Å². The molecule has 1 aliphatic rings. The maximum atomic E-state index is 13.1. The lowest BCUT2D eigenvalue weighted by atomic mass is 10.0. The molecule has 1 saturated carbocycles. The first-order valence-electron chi connectivity index (χ1n) is 12.4. The van der Waals surface area contributed by atoms with Gasteiger partial charge in [0.1, 0.15) is 0 Å². The fraction of sp³-hybridized carbons (Fsp3) is 0.517. The van der Waals surface area contributed by atoms with E-state index in [0.717, 1.165) is 41.2 Å². The first-order valence-corrected chi connectivity index (χ1v) is 12.4. The molecule has 2 N–H and O–H groups in total. The number of carboxylic acid groups (broad SMARTS) is 1. The molecule has 0 aliphatic heterocycles. The molecule has 0 bridgehead atoms. The van der Waals surface area contributed by atoms with Crippen LogP contribution in [0.25, 0.3) is 0 Å². The highest BCUT2D eigenvalue weighted by Crippen LogP contribution is 2.64. The van der Waals surface area contributed by atoms with Gasteiger partial charge in [-0.05, 0) is 47.4 Å². The Bertz CT molecular complexity index is 1010. The smallest absolute Gasteiger partial charge is 0.307 e. The summed E-state index contributed by atoms with van der Waals surface area (Å²) in [6.45, 7) is 16.6. The van der Waals surface area contributed by atoms with Crippen molar-refractivity contribution in [3.05, 3.63) is 59.2 Å². The second-order valence-electron chi connectivity index (χ2n) is 11.3. The molecule has 5 heteroatoms. The van der Waals surface area contributed by atoms with Gasteiger partial charge in [0.15, 0.2) is 0 Å². The molecule has 1 fully saturated rings. The van der Waals surface area contributed by atoms with Gasteiger partial charge in [-0.3, -0.25) is 9.59 Å². The van der Waals surface area contributed by atoms with Crippen LogP contribution < -0.4 is 10.2 Å². The van der Waals surface area contributed by atoms with Crippen LogP contribution in [0.3, 0.4) is 0 Å². The third kappa shape index (κ3) is 5.99. The maximum Gasteiger partial charge on any atom is 0.307 e. The van der Waals surface area contributed by atoms with Gasteiger partial charge < -0.3 is 15.3 Å². The number of anilines is 2. The van der Waals surface area contributed by atoms with Crippen LogP contribution >= 0.6 is 0 Å². The molecule has 0 aromatic heterocycles. The Balaban J connectivity index is 1.95. The number of hydrogen-bond acceptors (Lipinski definition) is 3. The zero-order valence-electron chi connectivity index (χ0n) is 21.7. The highest BCUT2D eigenvalue weighted by molar-refractivity contribution is 5.96. The van der Waals surface area contributed by atoms with E-state index in [1.54, 1.807) is 0 Å². The van der Waals surface area contributed by atoms with E-state index in [-0.39, 0.29) is 17.2 Å². The number of amides is 1. The number of nitrogens with zero attached hydrogens (tertiary/aromatic N) is 1. The number of carboxylic acids is 1. The predicted molar refractivity (Wildman–Crippen MR) is 139 cm³/mol. The Morgan fingerprint density at radius 3 is 2.09 bits per heavy atom. The van der Waals surface area contributed by atoms with Gasteiger partial charge >= 0.3 is 5.97 Å². The van der Waals surface area contributed by atoms with Crippen molar-refractivity contribution in [2.45, 2.75) is 60.8 Å². The second-order valence-corrected chi connectivity index (χ2v) is 11.3. The summed E-state index contributed by atoms with van der Waals surface area (Å²) in [7, 11) is 0. The van der Waals surface area contributed by atoms with Crippen LogP contribution in [-0.4, -0.2) is 30.1 Å². The normalized spacial score (nSPS) is 18.7. The minimum Gasteiger partial charge on any atom is -0.481 e. The molecule has 1 aliphatic carbocycles. The molecule has 2 atom stereocenters. The fourth-order valence-electron chi connectivity index (χ4n) is 5.08. The molecule has 184 valence electrons. The van der Waals surface area contributed by atoms with Crippen molar-refractivity contribution in [1.82, 2.24) is 0 Å². The van der Waals surface area contributed by atoms with Gasteiger partial charge in [0.05, 0.1) is 23.7 Å². The van der Waals surface area contributed by atoms with Crippen molar-refractivity contribution in [2.24, 2.45) is 23.2 Å². The molecule has 0 saturated heterocycles. The van der Waals surface area contributed by atoms with Crippen LogP contribution in [0.15, 0.2) is 42.5 Å². The van der Waals surface area contributed by atoms with Gasteiger partial charge in [0.2, 0.25) is 5.91 Å². The molecular weight excluding hydrogens is 424 g/mol. The lowest BCUT2D eigenvalue weighted by molar-refractivity contribution is -0.139. The zero-order valence-corrected chi connectivity index (χ0v) is 21.7. The van der Waals surface area contributed by atoms with Gasteiger partial charge in [0.25, 0.3) is 0 Å². The van der Waals surface area contributed by atoms with E-state index in [0.29, 0.717) is 18.3 Å². The van der Waals surface area contributed by atoms with Crippen LogP contribution in [0, 0.1) is 30.1 Å². The van der Waals surface area contributed by atoms with Crippen LogP contribution in [0.2, 0.25) is 0 Å². The molecule has 34 heavy (non-hydrogen) atoms. The highest BCUT2D eigenvalue weighted by Gasteiger charge is 2.62. The molecule has 2 aromatic carbocycles.